The van der Waals surface area contributed by atoms with E-state index in [2.05, 4.69) is 0 Å². The Morgan fingerprint density at radius 3 is 2.50 bits per heavy atom. The molecule has 108 valence electrons. The Morgan fingerprint density at radius 1 is 1.30 bits per heavy atom. The minimum atomic E-state index is -5.04. The number of hydrogen-bond acceptors (Lipinski definition) is 3. The molecule has 2 N–H and O–H groups in total. The maximum atomic E-state index is 12.5. The Kier molecular flexibility index (Phi) is 3.33. The molecular formula is C12H10F3NO4. The largest absolute Gasteiger partial charge is 0.508 e. The van der Waals surface area contributed by atoms with Crippen LogP contribution in [0, 0.1) is 0 Å². The fourth-order valence-corrected chi connectivity index (χ4v) is 2.22. The van der Waals surface area contributed by atoms with Gasteiger partial charge in [0, 0.05) is 12.2 Å². The molecule has 0 aromatic heterocycles. The number of benzene rings is 1. The van der Waals surface area contributed by atoms with Gasteiger partial charge in [0.2, 0.25) is 0 Å². The smallest absolute Gasteiger partial charge is 0.471 e. The van der Waals surface area contributed by atoms with E-state index in [-0.39, 0.29) is 30.0 Å². The molecule has 1 unspecified atom stereocenters. The van der Waals surface area contributed by atoms with E-state index in [1.807, 2.05) is 0 Å². The van der Waals surface area contributed by atoms with Gasteiger partial charge in [-0.05, 0) is 30.2 Å². The van der Waals surface area contributed by atoms with Crippen molar-refractivity contribution in [1.82, 2.24) is 0 Å². The Morgan fingerprint density at radius 2 is 1.95 bits per heavy atom. The fourth-order valence-electron chi connectivity index (χ4n) is 2.22. The van der Waals surface area contributed by atoms with Crippen LogP contribution in [0.25, 0.3) is 0 Å². The van der Waals surface area contributed by atoms with E-state index in [0.717, 1.165) is 18.2 Å². The molecule has 0 saturated heterocycles. The lowest BCUT2D eigenvalue weighted by molar-refractivity contribution is -0.170. The highest BCUT2D eigenvalue weighted by Gasteiger charge is 2.45. The topological polar surface area (TPSA) is 77.8 Å². The summed E-state index contributed by atoms with van der Waals surface area (Å²) in [4.78, 5) is 22.9. The van der Waals surface area contributed by atoms with Gasteiger partial charge in [0.25, 0.3) is 0 Å². The van der Waals surface area contributed by atoms with Crippen LogP contribution < -0.4 is 4.90 Å². The van der Waals surface area contributed by atoms with Crippen molar-refractivity contribution in [3.63, 3.8) is 0 Å². The number of carboxylic acid groups (broad SMARTS) is 1. The third-order valence-electron chi connectivity index (χ3n) is 3.10. The van der Waals surface area contributed by atoms with Crippen LogP contribution >= 0.6 is 0 Å². The third kappa shape index (κ3) is 2.40. The molecule has 0 bridgehead atoms. The Hall–Kier alpha value is -2.25. The average Bonchev–Trinajstić information content (AvgIpc) is 2.34. The Bertz CT molecular complexity index is 570. The van der Waals surface area contributed by atoms with Crippen LogP contribution in [0.2, 0.25) is 0 Å². The first-order chi connectivity index (χ1) is 9.21. The molecule has 0 radical (unpaired) electrons. The summed E-state index contributed by atoms with van der Waals surface area (Å²) in [6.07, 6.45) is -5.18. The molecule has 1 atom stereocenters. The van der Waals surface area contributed by atoms with Crippen molar-refractivity contribution in [2.45, 2.75) is 18.5 Å². The summed E-state index contributed by atoms with van der Waals surface area (Å²) in [7, 11) is 0. The molecular weight excluding hydrogens is 279 g/mol. The number of amides is 1. The van der Waals surface area contributed by atoms with E-state index in [1.54, 1.807) is 0 Å². The number of carbonyl (C=O) groups is 2. The molecule has 5 nitrogen and oxygen atoms in total. The number of nitrogens with zero attached hydrogens (tertiary/aromatic N) is 1. The van der Waals surface area contributed by atoms with Gasteiger partial charge in [0.05, 0.1) is 5.92 Å². The van der Waals surface area contributed by atoms with Crippen LogP contribution in [0.5, 0.6) is 5.75 Å². The van der Waals surface area contributed by atoms with Crippen molar-refractivity contribution in [3.05, 3.63) is 23.8 Å². The minimum Gasteiger partial charge on any atom is -0.508 e. The van der Waals surface area contributed by atoms with Crippen LogP contribution in [0.3, 0.4) is 0 Å². The summed E-state index contributed by atoms with van der Waals surface area (Å²) >= 11 is 0. The van der Waals surface area contributed by atoms with E-state index in [0.29, 0.717) is 4.90 Å². The first-order valence-electron chi connectivity index (χ1n) is 5.66. The minimum absolute atomic E-state index is 0.00125. The van der Waals surface area contributed by atoms with Gasteiger partial charge < -0.3 is 15.1 Å². The van der Waals surface area contributed by atoms with E-state index in [1.165, 1.54) is 0 Å². The SMILES string of the molecule is O=C(O)C1CCN(C(=O)C(F)(F)F)c2ccc(O)cc21. The van der Waals surface area contributed by atoms with Crippen LogP contribution in [0.4, 0.5) is 18.9 Å². The van der Waals surface area contributed by atoms with Crippen LogP contribution in [0.15, 0.2) is 18.2 Å². The molecule has 20 heavy (non-hydrogen) atoms. The maximum absolute atomic E-state index is 12.5. The molecule has 1 aromatic rings. The number of rotatable bonds is 1. The highest BCUT2D eigenvalue weighted by Crippen LogP contribution is 2.39. The van der Waals surface area contributed by atoms with Gasteiger partial charge in [0.1, 0.15) is 5.75 Å². The molecule has 2 rings (SSSR count). The Labute approximate surface area is 111 Å². The number of phenols is 1. The number of hydrogen-bond donors (Lipinski definition) is 2. The lowest BCUT2D eigenvalue weighted by Crippen LogP contribution is -2.45. The molecule has 0 saturated carbocycles. The number of carbonyl (C=O) groups excluding carboxylic acids is 1. The van der Waals surface area contributed by atoms with Gasteiger partial charge in [-0.1, -0.05) is 0 Å². The van der Waals surface area contributed by atoms with Gasteiger partial charge in [-0.3, -0.25) is 9.59 Å². The fraction of sp³-hybridized carbons (Fsp3) is 0.333. The van der Waals surface area contributed by atoms with Crippen LogP contribution in [-0.2, 0) is 9.59 Å². The average molecular weight is 289 g/mol. The predicted molar refractivity (Wildman–Crippen MR) is 61.5 cm³/mol. The van der Waals surface area contributed by atoms with Crippen molar-refractivity contribution < 1.29 is 33.0 Å². The summed E-state index contributed by atoms with van der Waals surface area (Å²) in [5.41, 5.74) is -0.134. The summed E-state index contributed by atoms with van der Waals surface area (Å²) < 4.78 is 37.5. The molecule has 1 aromatic carbocycles. The first kappa shape index (κ1) is 14.2. The zero-order chi connectivity index (χ0) is 15.1. The number of alkyl halides is 3. The van der Waals surface area contributed by atoms with Crippen molar-refractivity contribution >= 4 is 17.6 Å². The van der Waals surface area contributed by atoms with Crippen LogP contribution in [-0.4, -0.2) is 34.8 Å². The molecule has 1 aliphatic rings. The zero-order valence-electron chi connectivity index (χ0n) is 10.0. The van der Waals surface area contributed by atoms with E-state index < -0.39 is 24.0 Å². The van der Waals surface area contributed by atoms with Gasteiger partial charge >= 0.3 is 18.1 Å². The predicted octanol–water partition coefficient (Wildman–Crippen LogP) is 1.86. The van der Waals surface area contributed by atoms with Crippen LogP contribution in [0.1, 0.15) is 17.9 Å². The quantitative estimate of drug-likeness (QED) is 0.827. The number of anilines is 1. The first-order valence-corrected chi connectivity index (χ1v) is 5.66. The van der Waals surface area contributed by atoms with E-state index in [9.17, 15) is 27.9 Å². The molecule has 0 spiro atoms. The number of aromatic hydroxyl groups is 1. The second kappa shape index (κ2) is 4.69. The highest BCUT2D eigenvalue weighted by molar-refractivity contribution is 5.99. The maximum Gasteiger partial charge on any atom is 0.471 e. The molecule has 0 fully saturated rings. The second-order valence-corrected chi connectivity index (χ2v) is 4.38. The van der Waals surface area contributed by atoms with Gasteiger partial charge in [-0.15, -0.1) is 0 Å². The highest BCUT2D eigenvalue weighted by atomic mass is 19.4. The van der Waals surface area contributed by atoms with E-state index in [4.69, 9.17) is 5.11 Å². The lowest BCUT2D eigenvalue weighted by Gasteiger charge is -2.33. The third-order valence-corrected chi connectivity index (χ3v) is 3.10. The summed E-state index contributed by atoms with van der Waals surface area (Å²) in [5, 5.41) is 18.4. The van der Waals surface area contributed by atoms with Crippen molar-refractivity contribution in [2.75, 3.05) is 11.4 Å². The van der Waals surface area contributed by atoms with Gasteiger partial charge in [-0.2, -0.15) is 13.2 Å². The molecule has 0 aliphatic carbocycles. The van der Waals surface area contributed by atoms with Gasteiger partial charge in [0.15, 0.2) is 0 Å². The van der Waals surface area contributed by atoms with Gasteiger partial charge in [-0.25, -0.2) is 0 Å². The second-order valence-electron chi connectivity index (χ2n) is 4.38. The number of phenolic OH excluding ortho intramolecular Hbond substituents is 1. The Balaban J connectivity index is 2.49. The summed E-state index contributed by atoms with van der Waals surface area (Å²) in [6.45, 7) is -0.340. The van der Waals surface area contributed by atoms with Crippen molar-refractivity contribution in [3.8, 4) is 5.75 Å². The van der Waals surface area contributed by atoms with Crippen molar-refractivity contribution in [1.29, 1.82) is 0 Å². The monoisotopic (exact) mass is 289 g/mol. The normalized spacial score (nSPS) is 18.6. The van der Waals surface area contributed by atoms with E-state index >= 15 is 0 Å². The molecule has 1 aliphatic heterocycles. The standard InChI is InChI=1S/C12H10F3NO4/c13-12(14,15)11(20)16-4-3-7(10(18)19)8-5-6(17)1-2-9(8)16/h1-2,5,7,17H,3-4H2,(H,18,19). The van der Waals surface area contributed by atoms with Crippen molar-refractivity contribution in [2.24, 2.45) is 0 Å². The lowest BCUT2D eigenvalue weighted by atomic mass is 9.89. The number of fused-ring (bicyclic) bond motifs is 1. The summed E-state index contributed by atoms with van der Waals surface area (Å²) in [5.74, 6) is -4.57. The molecule has 8 heteroatoms. The molecule has 1 amide bonds. The number of halogens is 3. The number of carboxylic acids is 1. The molecule has 1 heterocycles. The zero-order valence-corrected chi connectivity index (χ0v) is 10.0. The number of aliphatic carboxylic acids is 1. The summed E-state index contributed by atoms with van der Waals surface area (Å²) in [6, 6.07) is 3.30.